The minimum atomic E-state index is -4.60. The summed E-state index contributed by atoms with van der Waals surface area (Å²) in [6.45, 7) is -0.485. The van der Waals surface area contributed by atoms with E-state index in [-0.39, 0.29) is 45.8 Å². The summed E-state index contributed by atoms with van der Waals surface area (Å²) in [7, 11) is 0. The summed E-state index contributed by atoms with van der Waals surface area (Å²) in [5.41, 5.74) is -0.869. The van der Waals surface area contributed by atoms with Crippen LogP contribution < -0.4 is 0 Å². The van der Waals surface area contributed by atoms with E-state index >= 15 is 0 Å². The van der Waals surface area contributed by atoms with E-state index in [0.29, 0.717) is 5.39 Å². The number of thiazole rings is 1. The fourth-order valence-electron chi connectivity index (χ4n) is 4.53. The standard InChI is InChI=1S/C22H17ClF6N4O2S2/c23-16-13-2-1-11(21(24,25)26)7-14(13)37-17(16)19(34)32-8-12(9-32)33-5-4-31(10-15(33)22(27,28)29)20(35)18-30-3-6-36-18/h1-3,6-7,12,15H,4-5,8-10H2. The number of carbonyl (C=O) groups is 2. The van der Waals surface area contributed by atoms with E-state index in [1.54, 1.807) is 5.38 Å². The zero-order valence-corrected chi connectivity index (χ0v) is 21.0. The third-order valence-corrected chi connectivity index (χ3v) is 8.88. The average Bonchev–Trinajstić information content (AvgIpc) is 3.45. The number of hydrogen-bond acceptors (Lipinski definition) is 6. The minimum absolute atomic E-state index is 0.00418. The molecular weight excluding hydrogens is 566 g/mol. The van der Waals surface area contributed by atoms with Gasteiger partial charge in [-0.1, -0.05) is 17.7 Å². The fraction of sp³-hybridized carbons (Fsp3) is 0.409. The Morgan fingerprint density at radius 1 is 1.00 bits per heavy atom. The number of hydrogen-bond donors (Lipinski definition) is 0. The van der Waals surface area contributed by atoms with Crippen molar-refractivity contribution in [3.8, 4) is 0 Å². The van der Waals surface area contributed by atoms with Crippen LogP contribution in [0.3, 0.4) is 0 Å². The van der Waals surface area contributed by atoms with Crippen LogP contribution >= 0.6 is 34.3 Å². The average molecular weight is 583 g/mol. The number of aromatic nitrogens is 1. The summed E-state index contributed by atoms with van der Waals surface area (Å²) in [5.74, 6) is -1.10. The van der Waals surface area contributed by atoms with Gasteiger partial charge in [0.05, 0.1) is 10.6 Å². The van der Waals surface area contributed by atoms with Crippen LogP contribution in [0.1, 0.15) is 25.0 Å². The number of carbonyl (C=O) groups excluding carboxylic acids is 2. The highest BCUT2D eigenvalue weighted by Gasteiger charge is 2.52. The molecule has 2 amide bonds. The van der Waals surface area contributed by atoms with Crippen LogP contribution in [0.4, 0.5) is 26.3 Å². The van der Waals surface area contributed by atoms with Crippen LogP contribution in [-0.4, -0.2) is 82.5 Å². The molecule has 2 aromatic heterocycles. The number of piperazine rings is 1. The molecule has 0 spiro atoms. The number of halogens is 7. The van der Waals surface area contributed by atoms with Crippen molar-refractivity contribution in [1.29, 1.82) is 0 Å². The molecule has 1 aromatic carbocycles. The van der Waals surface area contributed by atoms with Crippen molar-refractivity contribution in [3.05, 3.63) is 50.2 Å². The lowest BCUT2D eigenvalue weighted by Crippen LogP contribution is -2.70. The molecule has 1 unspecified atom stereocenters. The van der Waals surface area contributed by atoms with Gasteiger partial charge in [0.1, 0.15) is 10.9 Å². The zero-order valence-electron chi connectivity index (χ0n) is 18.6. The smallest absolute Gasteiger partial charge is 0.335 e. The van der Waals surface area contributed by atoms with Gasteiger partial charge in [-0.3, -0.25) is 14.5 Å². The van der Waals surface area contributed by atoms with Crippen LogP contribution in [0, 0.1) is 0 Å². The van der Waals surface area contributed by atoms with Gasteiger partial charge in [-0.2, -0.15) is 26.3 Å². The maximum Gasteiger partial charge on any atom is 0.416 e. The summed E-state index contributed by atoms with van der Waals surface area (Å²) in [6, 6.07) is 0.513. The highest BCUT2D eigenvalue weighted by molar-refractivity contribution is 7.21. The quantitative estimate of drug-likeness (QED) is 0.396. The van der Waals surface area contributed by atoms with E-state index in [1.807, 2.05) is 0 Å². The van der Waals surface area contributed by atoms with Gasteiger partial charge in [0.15, 0.2) is 5.01 Å². The Kier molecular flexibility index (Phi) is 6.66. The third-order valence-electron chi connectivity index (χ3n) is 6.47. The number of fused-ring (bicyclic) bond motifs is 1. The van der Waals surface area contributed by atoms with Crippen molar-refractivity contribution in [3.63, 3.8) is 0 Å². The van der Waals surface area contributed by atoms with Crippen molar-refractivity contribution < 1.29 is 35.9 Å². The second-order valence-corrected chi connectivity index (χ2v) is 11.0. The predicted molar refractivity (Wildman–Crippen MR) is 126 cm³/mol. The Hall–Kier alpha value is -2.42. The number of thiophene rings is 1. The Balaban J connectivity index is 1.28. The van der Waals surface area contributed by atoms with Gasteiger partial charge < -0.3 is 9.80 Å². The molecule has 37 heavy (non-hydrogen) atoms. The Morgan fingerprint density at radius 3 is 2.35 bits per heavy atom. The Morgan fingerprint density at radius 2 is 1.73 bits per heavy atom. The van der Waals surface area contributed by atoms with E-state index in [1.165, 1.54) is 22.1 Å². The van der Waals surface area contributed by atoms with Gasteiger partial charge in [0, 0.05) is 60.4 Å². The van der Waals surface area contributed by atoms with Gasteiger partial charge in [-0.25, -0.2) is 4.98 Å². The maximum atomic E-state index is 13.9. The zero-order chi connectivity index (χ0) is 26.7. The molecule has 198 valence electrons. The molecule has 15 heteroatoms. The number of alkyl halides is 6. The van der Waals surface area contributed by atoms with Gasteiger partial charge in [-0.05, 0) is 12.1 Å². The van der Waals surface area contributed by atoms with Gasteiger partial charge in [0.2, 0.25) is 0 Å². The number of amides is 2. The summed E-state index contributed by atoms with van der Waals surface area (Å²) < 4.78 is 81.1. The second kappa shape index (κ2) is 9.40. The molecule has 4 heterocycles. The van der Waals surface area contributed by atoms with Crippen LogP contribution in [0.5, 0.6) is 0 Å². The van der Waals surface area contributed by atoms with Crippen molar-refractivity contribution in [2.75, 3.05) is 32.7 Å². The summed E-state index contributed by atoms with van der Waals surface area (Å²) in [4.78, 5) is 33.2. The SMILES string of the molecule is O=C(c1nccs1)N1CCN(C2CN(C(=O)c3sc4cc(C(F)(F)F)ccc4c3Cl)C2)C(C(F)(F)F)C1. The first-order valence-corrected chi connectivity index (χ1v) is 13.0. The molecule has 0 bridgehead atoms. The minimum Gasteiger partial charge on any atom is -0.335 e. The van der Waals surface area contributed by atoms with Gasteiger partial charge in [0.25, 0.3) is 11.8 Å². The molecule has 2 aliphatic rings. The van der Waals surface area contributed by atoms with Gasteiger partial charge in [-0.15, -0.1) is 22.7 Å². The highest BCUT2D eigenvalue weighted by Crippen LogP contribution is 2.40. The van der Waals surface area contributed by atoms with Crippen LogP contribution in [0.2, 0.25) is 5.02 Å². The molecule has 0 aliphatic carbocycles. The maximum absolute atomic E-state index is 13.9. The largest absolute Gasteiger partial charge is 0.416 e. The Bertz CT molecular complexity index is 1340. The Labute approximate surface area is 219 Å². The van der Waals surface area contributed by atoms with Crippen molar-refractivity contribution in [1.82, 2.24) is 19.7 Å². The van der Waals surface area contributed by atoms with E-state index in [2.05, 4.69) is 4.98 Å². The van der Waals surface area contributed by atoms with Crippen molar-refractivity contribution >= 4 is 56.2 Å². The lowest BCUT2D eigenvalue weighted by molar-refractivity contribution is -0.206. The normalized spacial score (nSPS) is 19.9. The molecule has 5 rings (SSSR count). The van der Waals surface area contributed by atoms with Crippen molar-refractivity contribution in [2.24, 2.45) is 0 Å². The van der Waals surface area contributed by atoms with Crippen LogP contribution in [0.15, 0.2) is 29.8 Å². The molecule has 3 aromatic rings. The van der Waals surface area contributed by atoms with E-state index in [4.69, 9.17) is 11.6 Å². The monoisotopic (exact) mass is 582 g/mol. The number of rotatable bonds is 3. The van der Waals surface area contributed by atoms with E-state index in [9.17, 15) is 35.9 Å². The molecular formula is C22H17ClF6N4O2S2. The lowest BCUT2D eigenvalue weighted by atomic mass is 10.0. The van der Waals surface area contributed by atoms with Crippen LogP contribution in [0.25, 0.3) is 10.1 Å². The molecule has 6 nitrogen and oxygen atoms in total. The van der Waals surface area contributed by atoms with E-state index in [0.717, 1.165) is 39.7 Å². The predicted octanol–water partition coefficient (Wildman–Crippen LogP) is 5.24. The summed E-state index contributed by atoms with van der Waals surface area (Å²) in [5, 5.41) is 2.02. The molecule has 2 aliphatic heterocycles. The van der Waals surface area contributed by atoms with Crippen LogP contribution in [-0.2, 0) is 6.18 Å². The molecule has 1 atom stereocenters. The molecule has 2 fully saturated rings. The first-order valence-electron chi connectivity index (χ1n) is 10.9. The first-order chi connectivity index (χ1) is 17.3. The molecule has 0 N–H and O–H groups in total. The van der Waals surface area contributed by atoms with E-state index < -0.39 is 48.4 Å². The topological polar surface area (TPSA) is 56.8 Å². The number of nitrogens with zero attached hydrogens (tertiary/aromatic N) is 4. The molecule has 0 radical (unpaired) electrons. The third kappa shape index (κ3) is 4.91. The lowest BCUT2D eigenvalue weighted by Gasteiger charge is -2.51. The fourth-order valence-corrected chi connectivity index (χ4v) is 6.65. The molecule has 2 saturated heterocycles. The summed E-state index contributed by atoms with van der Waals surface area (Å²) in [6.07, 6.45) is -7.74. The summed E-state index contributed by atoms with van der Waals surface area (Å²) >= 11 is 8.15. The second-order valence-electron chi connectivity index (χ2n) is 8.70. The van der Waals surface area contributed by atoms with Crippen molar-refractivity contribution in [2.45, 2.75) is 24.4 Å². The molecule has 0 saturated carbocycles. The number of likely N-dealkylation sites (tertiary alicyclic amines) is 1. The first kappa shape index (κ1) is 26.2. The highest BCUT2D eigenvalue weighted by atomic mass is 35.5. The number of benzene rings is 1. The van der Waals surface area contributed by atoms with Gasteiger partial charge >= 0.3 is 12.4 Å².